The Morgan fingerprint density at radius 1 is 1.47 bits per heavy atom. The minimum atomic E-state index is -0.938. The van der Waals surface area contributed by atoms with Crippen LogP contribution in [0.15, 0.2) is 33.9 Å². The fourth-order valence-electron chi connectivity index (χ4n) is 1.36. The van der Waals surface area contributed by atoms with E-state index >= 15 is 0 Å². The molecule has 0 aromatic heterocycles. The quantitative estimate of drug-likeness (QED) is 0.518. The molecule has 1 unspecified atom stereocenters. The number of carbonyl (C=O) groups is 1. The molecule has 0 bridgehead atoms. The summed E-state index contributed by atoms with van der Waals surface area (Å²) in [5.41, 5.74) is 2.06. The summed E-state index contributed by atoms with van der Waals surface area (Å²) in [7, 11) is 0. The molecule has 1 aromatic carbocycles. The summed E-state index contributed by atoms with van der Waals surface area (Å²) in [4.78, 5) is 11.6. The molecule has 3 nitrogen and oxygen atoms in total. The molecular weight excluding hydrogens is 331 g/mol. The van der Waals surface area contributed by atoms with Gasteiger partial charge in [0.2, 0.25) is 0 Å². The third kappa shape index (κ3) is 3.81. The summed E-state index contributed by atoms with van der Waals surface area (Å²) in [5.74, 6) is -0.477. The lowest BCUT2D eigenvalue weighted by Crippen LogP contribution is -2.14. The van der Waals surface area contributed by atoms with E-state index in [0.29, 0.717) is 12.2 Å². The van der Waals surface area contributed by atoms with Crippen molar-refractivity contribution >= 4 is 28.6 Å². The third-order valence-corrected chi connectivity index (χ3v) is 2.99. The fraction of sp³-hybridized carbons (Fsp3) is 0.308. The number of esters is 1. The number of ether oxygens (including phenoxy) is 1. The van der Waals surface area contributed by atoms with Crippen LogP contribution >= 0.6 is 22.6 Å². The van der Waals surface area contributed by atoms with Crippen molar-refractivity contribution < 1.29 is 14.6 Å². The topological polar surface area (TPSA) is 46.5 Å². The van der Waals surface area contributed by atoms with E-state index in [1.54, 1.807) is 23.1 Å². The molecule has 0 spiro atoms. The molecule has 92 valence electrons. The standard InChI is InChI=1S/C13H15IO3/c1-3-17-13(16)11(8-14)12(15)10-6-4-9(2)5-7-10/h4-8,12,15H,3H2,1-2H3/b11-8-. The third-order valence-electron chi connectivity index (χ3n) is 2.32. The first-order valence-electron chi connectivity index (χ1n) is 5.32. The monoisotopic (exact) mass is 346 g/mol. The Balaban J connectivity index is 2.90. The molecule has 4 heteroatoms. The predicted octanol–water partition coefficient (Wildman–Crippen LogP) is 2.91. The Hall–Kier alpha value is -0.880. The molecule has 0 heterocycles. The number of halogens is 1. The van der Waals surface area contributed by atoms with Crippen LogP contribution in [0.3, 0.4) is 0 Å². The number of hydrogen-bond donors (Lipinski definition) is 1. The second-order valence-electron chi connectivity index (χ2n) is 3.60. The highest BCUT2D eigenvalue weighted by Crippen LogP contribution is 2.24. The normalized spacial score (nSPS) is 13.3. The zero-order valence-electron chi connectivity index (χ0n) is 9.81. The maximum atomic E-state index is 11.6. The van der Waals surface area contributed by atoms with Gasteiger partial charge in [0.25, 0.3) is 0 Å². The second kappa shape index (κ2) is 6.76. The average Bonchev–Trinajstić information content (AvgIpc) is 2.31. The first-order valence-corrected chi connectivity index (χ1v) is 6.56. The first-order chi connectivity index (χ1) is 8.10. The lowest BCUT2D eigenvalue weighted by Gasteiger charge is -2.13. The van der Waals surface area contributed by atoms with Crippen molar-refractivity contribution in [3.8, 4) is 0 Å². The number of benzene rings is 1. The second-order valence-corrected chi connectivity index (χ2v) is 4.22. The molecular formula is C13H15IO3. The van der Waals surface area contributed by atoms with Gasteiger partial charge in [0.05, 0.1) is 12.2 Å². The molecule has 0 saturated carbocycles. The highest BCUT2D eigenvalue weighted by molar-refractivity contribution is 14.1. The zero-order chi connectivity index (χ0) is 12.8. The van der Waals surface area contributed by atoms with Gasteiger partial charge < -0.3 is 9.84 Å². The van der Waals surface area contributed by atoms with E-state index in [-0.39, 0.29) is 5.57 Å². The Bertz CT molecular complexity index is 409. The maximum absolute atomic E-state index is 11.6. The summed E-state index contributed by atoms with van der Waals surface area (Å²) >= 11 is 1.93. The van der Waals surface area contributed by atoms with Crippen LogP contribution in [0.1, 0.15) is 24.2 Å². The van der Waals surface area contributed by atoms with Crippen molar-refractivity contribution in [1.82, 2.24) is 0 Å². The molecule has 1 atom stereocenters. The Kier molecular flexibility index (Phi) is 5.64. The molecule has 17 heavy (non-hydrogen) atoms. The molecule has 0 amide bonds. The van der Waals surface area contributed by atoms with Crippen LogP contribution in [0, 0.1) is 6.92 Å². The number of aliphatic hydroxyl groups is 1. The maximum Gasteiger partial charge on any atom is 0.337 e. The molecule has 0 fully saturated rings. The molecule has 0 radical (unpaired) electrons. The van der Waals surface area contributed by atoms with Gasteiger partial charge >= 0.3 is 5.97 Å². The highest BCUT2D eigenvalue weighted by atomic mass is 127. The number of aryl methyl sites for hydroxylation is 1. The Morgan fingerprint density at radius 3 is 2.53 bits per heavy atom. The SMILES string of the molecule is CCOC(=O)/C(=C\I)C(O)c1ccc(C)cc1. The molecule has 1 aromatic rings. The number of aliphatic hydroxyl groups excluding tert-OH is 1. The summed E-state index contributed by atoms with van der Waals surface area (Å²) < 4.78 is 6.45. The number of carbonyl (C=O) groups excluding carboxylic acids is 1. The molecule has 0 aliphatic heterocycles. The fourth-order valence-corrected chi connectivity index (χ4v) is 1.95. The van der Waals surface area contributed by atoms with E-state index in [4.69, 9.17) is 4.74 Å². The predicted molar refractivity (Wildman–Crippen MR) is 74.9 cm³/mol. The van der Waals surface area contributed by atoms with Gasteiger partial charge in [-0.1, -0.05) is 52.4 Å². The Morgan fingerprint density at radius 2 is 2.06 bits per heavy atom. The average molecular weight is 346 g/mol. The molecule has 1 N–H and O–H groups in total. The van der Waals surface area contributed by atoms with Gasteiger partial charge in [0, 0.05) is 0 Å². The van der Waals surface area contributed by atoms with Gasteiger partial charge in [0.15, 0.2) is 0 Å². The minimum absolute atomic E-state index is 0.260. The van der Waals surface area contributed by atoms with Crippen LogP contribution in [-0.4, -0.2) is 17.7 Å². The van der Waals surface area contributed by atoms with E-state index in [2.05, 4.69) is 0 Å². The lowest BCUT2D eigenvalue weighted by atomic mass is 10.0. The van der Waals surface area contributed by atoms with Crippen LogP contribution < -0.4 is 0 Å². The van der Waals surface area contributed by atoms with Crippen LogP contribution in [0.5, 0.6) is 0 Å². The summed E-state index contributed by atoms with van der Waals surface area (Å²) in [5, 5.41) is 10.1. The molecule has 0 aliphatic rings. The van der Waals surface area contributed by atoms with E-state index in [9.17, 15) is 9.90 Å². The number of rotatable bonds is 4. The van der Waals surface area contributed by atoms with Gasteiger partial charge in [-0.05, 0) is 23.5 Å². The molecule has 1 rings (SSSR count). The lowest BCUT2D eigenvalue weighted by molar-refractivity contribution is -0.139. The van der Waals surface area contributed by atoms with E-state index in [0.717, 1.165) is 5.56 Å². The molecule has 0 aliphatic carbocycles. The van der Waals surface area contributed by atoms with Crippen LogP contribution in [-0.2, 0) is 9.53 Å². The largest absolute Gasteiger partial charge is 0.463 e. The van der Waals surface area contributed by atoms with Crippen molar-refractivity contribution in [3.63, 3.8) is 0 Å². The highest BCUT2D eigenvalue weighted by Gasteiger charge is 2.20. The van der Waals surface area contributed by atoms with Crippen LogP contribution in [0.4, 0.5) is 0 Å². The van der Waals surface area contributed by atoms with Crippen LogP contribution in [0.2, 0.25) is 0 Å². The van der Waals surface area contributed by atoms with Crippen molar-refractivity contribution in [3.05, 3.63) is 45.0 Å². The van der Waals surface area contributed by atoms with E-state index in [1.165, 1.54) is 0 Å². The summed E-state index contributed by atoms with van der Waals surface area (Å²) in [6.07, 6.45) is -0.938. The zero-order valence-corrected chi connectivity index (χ0v) is 12.0. The summed E-state index contributed by atoms with van der Waals surface area (Å²) in [6, 6.07) is 7.40. The van der Waals surface area contributed by atoms with Gasteiger partial charge in [-0.3, -0.25) is 0 Å². The van der Waals surface area contributed by atoms with Crippen molar-refractivity contribution in [1.29, 1.82) is 0 Å². The van der Waals surface area contributed by atoms with E-state index < -0.39 is 12.1 Å². The Labute approximate surface area is 115 Å². The van der Waals surface area contributed by atoms with Gasteiger partial charge in [-0.15, -0.1) is 0 Å². The van der Waals surface area contributed by atoms with Gasteiger partial charge in [-0.25, -0.2) is 4.79 Å². The van der Waals surface area contributed by atoms with Gasteiger partial charge in [-0.2, -0.15) is 0 Å². The van der Waals surface area contributed by atoms with Crippen LogP contribution in [0.25, 0.3) is 0 Å². The minimum Gasteiger partial charge on any atom is -0.463 e. The first kappa shape index (κ1) is 14.2. The number of hydrogen-bond acceptors (Lipinski definition) is 3. The van der Waals surface area contributed by atoms with Crippen molar-refractivity contribution in [2.75, 3.05) is 6.61 Å². The smallest absolute Gasteiger partial charge is 0.337 e. The van der Waals surface area contributed by atoms with Gasteiger partial charge in [0.1, 0.15) is 6.10 Å². The van der Waals surface area contributed by atoms with Crippen molar-refractivity contribution in [2.24, 2.45) is 0 Å². The summed E-state index contributed by atoms with van der Waals surface area (Å²) in [6.45, 7) is 4.00. The molecule has 0 saturated heterocycles. The van der Waals surface area contributed by atoms with E-state index in [1.807, 2.05) is 41.6 Å². The van der Waals surface area contributed by atoms with Crippen molar-refractivity contribution in [2.45, 2.75) is 20.0 Å².